The number of methoxy groups -OCH3 is 2. The summed E-state index contributed by atoms with van der Waals surface area (Å²) in [5.41, 5.74) is -0.746. The molecule has 0 aromatic heterocycles. The number of urea groups is 1. The van der Waals surface area contributed by atoms with Crippen LogP contribution in [-0.4, -0.2) is 37.6 Å². The van der Waals surface area contributed by atoms with Crippen molar-refractivity contribution in [3.05, 3.63) is 23.8 Å². The number of nitriles is 1. The maximum Gasteiger partial charge on any atom is 0.326 e. The smallest absolute Gasteiger partial charge is 0.326 e. The normalized spacial score (nSPS) is 20.5. The molecular formula is C15H17N3O4. The maximum absolute atomic E-state index is 12.7. The highest BCUT2D eigenvalue weighted by Gasteiger charge is 2.52. The molecule has 0 saturated carbocycles. The molecular weight excluding hydrogens is 286 g/mol. The molecule has 1 aliphatic rings. The number of imide groups is 1. The van der Waals surface area contributed by atoms with Gasteiger partial charge in [0, 0.05) is 5.56 Å². The van der Waals surface area contributed by atoms with Crippen LogP contribution in [0.15, 0.2) is 18.2 Å². The Balaban J connectivity index is 2.59. The highest BCUT2D eigenvalue weighted by molar-refractivity contribution is 6.08. The van der Waals surface area contributed by atoms with Crippen LogP contribution in [-0.2, 0) is 10.3 Å². The van der Waals surface area contributed by atoms with Crippen LogP contribution >= 0.6 is 0 Å². The van der Waals surface area contributed by atoms with Gasteiger partial charge in [0.15, 0.2) is 0 Å². The van der Waals surface area contributed by atoms with Crippen LogP contribution in [0.25, 0.3) is 0 Å². The predicted octanol–water partition coefficient (Wildman–Crippen LogP) is 1.38. The second-order valence-electron chi connectivity index (χ2n) is 4.80. The summed E-state index contributed by atoms with van der Waals surface area (Å²) in [5, 5.41) is 11.5. The first-order chi connectivity index (χ1) is 10.5. The van der Waals surface area contributed by atoms with Crippen LogP contribution in [0.5, 0.6) is 11.5 Å². The number of rotatable bonds is 5. The van der Waals surface area contributed by atoms with Gasteiger partial charge in [-0.1, -0.05) is 6.92 Å². The van der Waals surface area contributed by atoms with Crippen molar-refractivity contribution in [3.63, 3.8) is 0 Å². The molecule has 0 aliphatic carbocycles. The Labute approximate surface area is 128 Å². The number of amides is 3. The molecule has 1 fully saturated rings. The summed E-state index contributed by atoms with van der Waals surface area (Å²) in [4.78, 5) is 25.7. The van der Waals surface area contributed by atoms with Gasteiger partial charge < -0.3 is 14.8 Å². The van der Waals surface area contributed by atoms with Gasteiger partial charge in [-0.25, -0.2) is 9.69 Å². The Kier molecular flexibility index (Phi) is 4.22. The molecule has 0 radical (unpaired) electrons. The predicted molar refractivity (Wildman–Crippen MR) is 77.4 cm³/mol. The molecule has 1 unspecified atom stereocenters. The lowest BCUT2D eigenvalue weighted by atomic mass is 9.86. The molecule has 1 atom stereocenters. The molecule has 0 bridgehead atoms. The molecule has 0 spiro atoms. The van der Waals surface area contributed by atoms with Crippen molar-refractivity contribution < 1.29 is 19.1 Å². The van der Waals surface area contributed by atoms with E-state index in [2.05, 4.69) is 5.32 Å². The van der Waals surface area contributed by atoms with Crippen molar-refractivity contribution in [1.29, 1.82) is 5.26 Å². The topological polar surface area (TPSA) is 91.7 Å². The minimum atomic E-state index is -1.26. The SMILES string of the molecule is CCC1(c2cc(OC)ccc2OC)NC(=O)N(CC#N)C1=O. The first kappa shape index (κ1) is 15.6. The molecule has 116 valence electrons. The van der Waals surface area contributed by atoms with E-state index in [0.717, 1.165) is 4.90 Å². The van der Waals surface area contributed by atoms with Crippen molar-refractivity contribution in [2.75, 3.05) is 20.8 Å². The van der Waals surface area contributed by atoms with Crippen molar-refractivity contribution >= 4 is 11.9 Å². The standard InChI is InChI=1S/C15H17N3O4/c1-4-15(13(19)18(8-7-16)14(20)17-15)11-9-10(21-2)5-6-12(11)22-3/h5-6,9H,4,8H2,1-3H3,(H,17,20). The fraction of sp³-hybridized carbons (Fsp3) is 0.400. The van der Waals surface area contributed by atoms with E-state index < -0.39 is 17.5 Å². The second-order valence-corrected chi connectivity index (χ2v) is 4.80. The minimum Gasteiger partial charge on any atom is -0.497 e. The van der Waals surface area contributed by atoms with E-state index >= 15 is 0 Å². The fourth-order valence-corrected chi connectivity index (χ4v) is 2.60. The second kappa shape index (κ2) is 5.93. The number of carbonyl (C=O) groups excluding carboxylic acids is 2. The third-order valence-corrected chi connectivity index (χ3v) is 3.80. The molecule has 7 nitrogen and oxygen atoms in total. The van der Waals surface area contributed by atoms with E-state index in [1.54, 1.807) is 25.1 Å². The number of hydrogen-bond donors (Lipinski definition) is 1. The summed E-state index contributed by atoms with van der Waals surface area (Å²) in [6.07, 6.45) is 0.322. The van der Waals surface area contributed by atoms with Gasteiger partial charge in [-0.3, -0.25) is 4.79 Å². The monoisotopic (exact) mass is 303 g/mol. The van der Waals surface area contributed by atoms with Gasteiger partial charge in [0.2, 0.25) is 0 Å². The highest BCUT2D eigenvalue weighted by Crippen LogP contribution is 2.39. The quantitative estimate of drug-likeness (QED) is 0.655. The Morgan fingerprint density at radius 2 is 2.05 bits per heavy atom. The Bertz CT molecular complexity index is 653. The van der Waals surface area contributed by atoms with Gasteiger partial charge >= 0.3 is 6.03 Å². The summed E-state index contributed by atoms with van der Waals surface area (Å²) < 4.78 is 10.5. The summed E-state index contributed by atoms with van der Waals surface area (Å²) in [6, 6.07) is 6.29. The third-order valence-electron chi connectivity index (χ3n) is 3.80. The van der Waals surface area contributed by atoms with E-state index in [1.165, 1.54) is 14.2 Å². The van der Waals surface area contributed by atoms with Crippen LogP contribution in [0, 0.1) is 11.3 Å². The third kappa shape index (κ3) is 2.22. The van der Waals surface area contributed by atoms with E-state index in [-0.39, 0.29) is 6.54 Å². The lowest BCUT2D eigenvalue weighted by Crippen LogP contribution is -2.43. The zero-order chi connectivity index (χ0) is 16.3. The maximum atomic E-state index is 12.7. The molecule has 1 aliphatic heterocycles. The number of carbonyl (C=O) groups is 2. The Morgan fingerprint density at radius 3 is 2.59 bits per heavy atom. The molecule has 22 heavy (non-hydrogen) atoms. The molecule has 1 aromatic rings. The fourth-order valence-electron chi connectivity index (χ4n) is 2.60. The number of nitrogens with zero attached hydrogens (tertiary/aromatic N) is 2. The minimum absolute atomic E-state index is 0.293. The molecule has 3 amide bonds. The van der Waals surface area contributed by atoms with Gasteiger partial charge in [-0.2, -0.15) is 5.26 Å². The molecule has 1 heterocycles. The number of nitrogens with one attached hydrogen (secondary N) is 1. The van der Waals surface area contributed by atoms with Crippen LogP contribution in [0.1, 0.15) is 18.9 Å². The van der Waals surface area contributed by atoms with Crippen LogP contribution in [0.2, 0.25) is 0 Å². The van der Waals surface area contributed by atoms with Crippen LogP contribution in [0.3, 0.4) is 0 Å². The van der Waals surface area contributed by atoms with Gasteiger partial charge in [0.05, 0.1) is 20.3 Å². The van der Waals surface area contributed by atoms with Gasteiger partial charge in [0.25, 0.3) is 5.91 Å². The van der Waals surface area contributed by atoms with Crippen LogP contribution in [0.4, 0.5) is 4.79 Å². The lowest BCUT2D eigenvalue weighted by Gasteiger charge is -2.27. The van der Waals surface area contributed by atoms with Crippen molar-refractivity contribution in [3.8, 4) is 17.6 Å². The van der Waals surface area contributed by atoms with E-state index in [1.807, 2.05) is 6.07 Å². The molecule has 7 heteroatoms. The number of ether oxygens (including phenoxy) is 2. The Morgan fingerprint density at radius 1 is 1.32 bits per heavy atom. The van der Waals surface area contributed by atoms with Crippen LogP contribution < -0.4 is 14.8 Å². The van der Waals surface area contributed by atoms with Gasteiger partial charge in [-0.15, -0.1) is 0 Å². The van der Waals surface area contributed by atoms with E-state index in [9.17, 15) is 9.59 Å². The first-order valence-corrected chi connectivity index (χ1v) is 6.77. The number of hydrogen-bond acceptors (Lipinski definition) is 5. The van der Waals surface area contributed by atoms with Gasteiger partial charge in [0.1, 0.15) is 23.6 Å². The zero-order valence-corrected chi connectivity index (χ0v) is 12.7. The zero-order valence-electron chi connectivity index (χ0n) is 12.7. The summed E-state index contributed by atoms with van der Waals surface area (Å²) in [6.45, 7) is 1.49. The molecule has 2 rings (SSSR count). The summed E-state index contributed by atoms with van der Waals surface area (Å²) >= 11 is 0. The average molecular weight is 303 g/mol. The lowest BCUT2D eigenvalue weighted by molar-refractivity contribution is -0.131. The van der Waals surface area contributed by atoms with Crippen molar-refractivity contribution in [2.24, 2.45) is 0 Å². The Hall–Kier alpha value is -2.75. The molecule has 1 saturated heterocycles. The summed E-state index contributed by atoms with van der Waals surface area (Å²) in [7, 11) is 3.00. The number of benzene rings is 1. The average Bonchev–Trinajstić information content (AvgIpc) is 2.79. The summed E-state index contributed by atoms with van der Waals surface area (Å²) in [5.74, 6) is 0.549. The first-order valence-electron chi connectivity index (χ1n) is 6.77. The largest absolute Gasteiger partial charge is 0.497 e. The van der Waals surface area contributed by atoms with E-state index in [4.69, 9.17) is 14.7 Å². The highest BCUT2D eigenvalue weighted by atomic mass is 16.5. The van der Waals surface area contributed by atoms with E-state index in [0.29, 0.717) is 23.5 Å². The van der Waals surface area contributed by atoms with Gasteiger partial charge in [-0.05, 0) is 24.6 Å². The molecule has 1 aromatic carbocycles. The molecule has 1 N–H and O–H groups in total. The van der Waals surface area contributed by atoms with Crippen molar-refractivity contribution in [2.45, 2.75) is 18.9 Å². The van der Waals surface area contributed by atoms with Crippen molar-refractivity contribution in [1.82, 2.24) is 10.2 Å².